The Balaban J connectivity index is 2.47. The molecule has 24 heavy (non-hydrogen) atoms. The molecule has 1 N–H and O–H groups in total. The number of ether oxygens (including phenoxy) is 3. The summed E-state index contributed by atoms with van der Waals surface area (Å²) in [4.78, 5) is 23.4. The zero-order chi connectivity index (χ0) is 18.5. The molecule has 0 aliphatic rings. The van der Waals surface area contributed by atoms with Crippen molar-refractivity contribution >= 4 is 28.1 Å². The fourth-order valence-electron chi connectivity index (χ4n) is 1.45. The maximum atomic E-state index is 11.9. The highest BCUT2D eigenvalue weighted by atomic mass is 79.9. The number of nitrogens with one attached hydrogen (secondary N) is 1. The Morgan fingerprint density at radius 2 is 1.75 bits per heavy atom. The van der Waals surface area contributed by atoms with Crippen LogP contribution in [0.5, 0.6) is 5.88 Å². The van der Waals surface area contributed by atoms with Gasteiger partial charge in [-0.2, -0.15) is 4.68 Å². The van der Waals surface area contributed by atoms with E-state index in [1.54, 1.807) is 41.5 Å². The molecule has 0 aliphatic carbocycles. The lowest BCUT2D eigenvalue weighted by atomic mass is 10.2. The third-order valence-corrected chi connectivity index (χ3v) is 2.77. The summed E-state index contributed by atoms with van der Waals surface area (Å²) in [5.74, 6) is 0.229. The van der Waals surface area contributed by atoms with Gasteiger partial charge in [0.25, 0.3) is 0 Å². The second kappa shape index (κ2) is 7.87. The standard InChI is InChI=1S/C15H24BrN3O5/c1-14(2,3)23-12(20)17-7-8-22-11-10(16)9-19(18-11)13(21)24-15(4,5)6/h9H,7-8H2,1-6H3,(H,17,20). The number of rotatable bonds is 4. The van der Waals surface area contributed by atoms with Crippen LogP contribution in [0.4, 0.5) is 9.59 Å². The predicted octanol–water partition coefficient (Wildman–Crippen LogP) is 3.33. The Morgan fingerprint density at radius 3 is 2.29 bits per heavy atom. The summed E-state index contributed by atoms with van der Waals surface area (Å²) < 4.78 is 17.3. The van der Waals surface area contributed by atoms with Crippen LogP contribution >= 0.6 is 15.9 Å². The van der Waals surface area contributed by atoms with Crippen molar-refractivity contribution in [3.05, 3.63) is 10.7 Å². The van der Waals surface area contributed by atoms with Gasteiger partial charge in [0.1, 0.15) is 17.8 Å². The fourth-order valence-corrected chi connectivity index (χ4v) is 1.84. The summed E-state index contributed by atoms with van der Waals surface area (Å²) in [6.45, 7) is 11.1. The molecule has 1 rings (SSSR count). The third-order valence-electron chi connectivity index (χ3n) is 2.23. The molecule has 0 spiro atoms. The molecule has 0 unspecified atom stereocenters. The Morgan fingerprint density at radius 1 is 1.17 bits per heavy atom. The lowest BCUT2D eigenvalue weighted by Gasteiger charge is -2.19. The zero-order valence-corrected chi connectivity index (χ0v) is 16.4. The van der Waals surface area contributed by atoms with Crippen LogP contribution in [0.1, 0.15) is 41.5 Å². The molecule has 0 aromatic carbocycles. The molecule has 1 amide bonds. The average molecular weight is 406 g/mol. The van der Waals surface area contributed by atoms with Crippen molar-refractivity contribution in [3.63, 3.8) is 0 Å². The molecule has 1 aromatic rings. The normalized spacial score (nSPS) is 11.8. The molecular weight excluding hydrogens is 382 g/mol. The van der Waals surface area contributed by atoms with Gasteiger partial charge in [-0.05, 0) is 57.5 Å². The molecular formula is C15H24BrN3O5. The fraction of sp³-hybridized carbons (Fsp3) is 0.667. The van der Waals surface area contributed by atoms with E-state index < -0.39 is 23.4 Å². The van der Waals surface area contributed by atoms with E-state index in [1.807, 2.05) is 0 Å². The van der Waals surface area contributed by atoms with Gasteiger partial charge in [0.15, 0.2) is 0 Å². The average Bonchev–Trinajstić information content (AvgIpc) is 2.72. The summed E-state index contributed by atoms with van der Waals surface area (Å²) in [6, 6.07) is 0. The van der Waals surface area contributed by atoms with E-state index in [0.717, 1.165) is 4.68 Å². The molecule has 0 fully saturated rings. The first-order chi connectivity index (χ1) is 10.9. The van der Waals surface area contributed by atoms with E-state index in [1.165, 1.54) is 6.20 Å². The van der Waals surface area contributed by atoms with Crippen molar-refractivity contribution in [2.24, 2.45) is 0 Å². The summed E-state index contributed by atoms with van der Waals surface area (Å²) in [6.07, 6.45) is 0.319. The molecule has 0 atom stereocenters. The molecule has 136 valence electrons. The number of carbonyl (C=O) groups excluding carboxylic acids is 2. The second-order valence-corrected chi connectivity index (χ2v) is 7.84. The molecule has 1 aromatic heterocycles. The molecule has 8 nitrogen and oxygen atoms in total. The first-order valence-corrected chi connectivity index (χ1v) is 8.25. The lowest BCUT2D eigenvalue weighted by molar-refractivity contribution is 0.0509. The van der Waals surface area contributed by atoms with Crippen LogP contribution < -0.4 is 10.1 Å². The number of alkyl carbamates (subject to hydrolysis) is 1. The van der Waals surface area contributed by atoms with Gasteiger partial charge in [0.2, 0.25) is 5.88 Å². The summed E-state index contributed by atoms with van der Waals surface area (Å²) >= 11 is 3.26. The predicted molar refractivity (Wildman–Crippen MR) is 91.3 cm³/mol. The van der Waals surface area contributed by atoms with Crippen LogP contribution in [-0.2, 0) is 9.47 Å². The van der Waals surface area contributed by atoms with E-state index in [9.17, 15) is 9.59 Å². The van der Waals surface area contributed by atoms with Crippen molar-refractivity contribution in [1.29, 1.82) is 0 Å². The van der Waals surface area contributed by atoms with Crippen LogP contribution in [-0.4, -0.2) is 46.3 Å². The van der Waals surface area contributed by atoms with Gasteiger partial charge in [-0.3, -0.25) is 0 Å². The van der Waals surface area contributed by atoms with Crippen molar-refractivity contribution in [1.82, 2.24) is 15.1 Å². The van der Waals surface area contributed by atoms with E-state index in [2.05, 4.69) is 26.3 Å². The minimum absolute atomic E-state index is 0.170. The van der Waals surface area contributed by atoms with Crippen LogP contribution in [0.2, 0.25) is 0 Å². The van der Waals surface area contributed by atoms with Gasteiger partial charge in [-0.25, -0.2) is 9.59 Å². The Kier molecular flexibility index (Phi) is 6.65. The minimum Gasteiger partial charge on any atom is -0.474 e. The van der Waals surface area contributed by atoms with Gasteiger partial charge in [-0.15, -0.1) is 5.10 Å². The lowest BCUT2D eigenvalue weighted by Crippen LogP contribution is -2.34. The number of aromatic nitrogens is 2. The van der Waals surface area contributed by atoms with Gasteiger partial charge < -0.3 is 19.5 Å². The number of amides is 1. The highest BCUT2D eigenvalue weighted by Gasteiger charge is 2.20. The first-order valence-electron chi connectivity index (χ1n) is 7.45. The Labute approximate surface area is 149 Å². The molecule has 1 heterocycles. The maximum absolute atomic E-state index is 11.9. The number of nitrogens with zero attached hydrogens (tertiary/aromatic N) is 2. The van der Waals surface area contributed by atoms with Crippen molar-refractivity contribution < 1.29 is 23.8 Å². The van der Waals surface area contributed by atoms with Crippen LogP contribution in [0.15, 0.2) is 10.7 Å². The van der Waals surface area contributed by atoms with E-state index in [0.29, 0.717) is 4.47 Å². The molecule has 9 heteroatoms. The zero-order valence-electron chi connectivity index (χ0n) is 14.8. The Hall–Kier alpha value is -1.77. The highest BCUT2D eigenvalue weighted by Crippen LogP contribution is 2.23. The third kappa shape index (κ3) is 7.67. The van der Waals surface area contributed by atoms with Gasteiger partial charge in [-0.1, -0.05) is 0 Å². The van der Waals surface area contributed by atoms with Crippen LogP contribution in [0.25, 0.3) is 0 Å². The molecule has 0 radical (unpaired) electrons. The van der Waals surface area contributed by atoms with Crippen LogP contribution in [0, 0.1) is 0 Å². The SMILES string of the molecule is CC(C)(C)OC(=O)NCCOc1nn(C(=O)OC(C)(C)C)cc1Br. The molecule has 0 aliphatic heterocycles. The molecule has 0 saturated heterocycles. The van der Waals surface area contributed by atoms with Crippen molar-refractivity contribution in [2.45, 2.75) is 52.7 Å². The number of carbonyl (C=O) groups is 2. The minimum atomic E-state index is -0.617. The summed E-state index contributed by atoms with van der Waals surface area (Å²) in [5, 5.41) is 6.56. The first kappa shape index (κ1) is 20.3. The van der Waals surface area contributed by atoms with E-state index in [4.69, 9.17) is 14.2 Å². The monoisotopic (exact) mass is 405 g/mol. The maximum Gasteiger partial charge on any atom is 0.435 e. The van der Waals surface area contributed by atoms with Crippen molar-refractivity contribution in [3.8, 4) is 5.88 Å². The smallest absolute Gasteiger partial charge is 0.435 e. The van der Waals surface area contributed by atoms with Crippen molar-refractivity contribution in [2.75, 3.05) is 13.2 Å². The van der Waals surface area contributed by atoms with Gasteiger partial charge in [0, 0.05) is 0 Å². The van der Waals surface area contributed by atoms with E-state index in [-0.39, 0.29) is 19.0 Å². The van der Waals surface area contributed by atoms with Gasteiger partial charge >= 0.3 is 12.2 Å². The number of halogens is 1. The number of hydrogen-bond acceptors (Lipinski definition) is 6. The van der Waals surface area contributed by atoms with E-state index >= 15 is 0 Å². The highest BCUT2D eigenvalue weighted by molar-refractivity contribution is 9.10. The number of hydrogen-bond donors (Lipinski definition) is 1. The second-order valence-electron chi connectivity index (χ2n) is 6.98. The Bertz CT molecular complexity index is 587. The summed E-state index contributed by atoms with van der Waals surface area (Å²) in [5.41, 5.74) is -1.17. The molecule has 0 bridgehead atoms. The summed E-state index contributed by atoms with van der Waals surface area (Å²) in [7, 11) is 0. The molecule has 0 saturated carbocycles. The van der Waals surface area contributed by atoms with Gasteiger partial charge in [0.05, 0.1) is 17.2 Å². The quantitative estimate of drug-likeness (QED) is 0.772. The topological polar surface area (TPSA) is 91.7 Å². The van der Waals surface area contributed by atoms with Crippen LogP contribution in [0.3, 0.4) is 0 Å². The largest absolute Gasteiger partial charge is 0.474 e.